The van der Waals surface area contributed by atoms with Crippen LogP contribution in [0.4, 0.5) is 13.2 Å². The van der Waals surface area contributed by atoms with Gasteiger partial charge in [-0.15, -0.1) is 0 Å². The molecule has 1 unspecified atom stereocenters. The number of esters is 1. The maximum Gasteiger partial charge on any atom is 0.349 e. The largest absolute Gasteiger partial charge is 0.423 e. The molecule has 0 heterocycles. The van der Waals surface area contributed by atoms with Gasteiger partial charge in [0.15, 0.2) is 0 Å². The van der Waals surface area contributed by atoms with E-state index in [-0.39, 0.29) is 5.75 Å². The van der Waals surface area contributed by atoms with E-state index in [0.29, 0.717) is 23.8 Å². The lowest BCUT2D eigenvalue weighted by Crippen LogP contribution is -2.22. The van der Waals surface area contributed by atoms with Crippen molar-refractivity contribution in [3.8, 4) is 5.75 Å². The van der Waals surface area contributed by atoms with E-state index in [4.69, 9.17) is 4.74 Å². The lowest BCUT2D eigenvalue weighted by molar-refractivity contribution is 0.0724. The molecule has 1 aliphatic carbocycles. The molecule has 1 aliphatic rings. The summed E-state index contributed by atoms with van der Waals surface area (Å²) in [6, 6.07) is 7.14. The zero-order chi connectivity index (χ0) is 22.4. The summed E-state index contributed by atoms with van der Waals surface area (Å²) in [4.78, 5) is 12.2. The number of ether oxygens (including phenoxy) is 1. The highest BCUT2D eigenvalue weighted by Gasteiger charge is 2.26. The molecule has 31 heavy (non-hydrogen) atoms. The van der Waals surface area contributed by atoms with Crippen molar-refractivity contribution >= 4 is 5.97 Å². The average molecular weight is 433 g/mol. The molecule has 0 spiro atoms. The number of carbonyl (C=O) groups excluding carboxylic acids is 1. The lowest BCUT2D eigenvalue weighted by atomic mass is 9.73. The normalized spacial score (nSPS) is 19.8. The molecule has 0 aliphatic heterocycles. The van der Waals surface area contributed by atoms with E-state index in [1.54, 1.807) is 0 Å². The van der Waals surface area contributed by atoms with E-state index in [1.165, 1.54) is 69.2 Å². The van der Waals surface area contributed by atoms with Crippen LogP contribution in [-0.4, -0.2) is 5.97 Å². The molecule has 1 atom stereocenters. The quantitative estimate of drug-likeness (QED) is 0.319. The number of unbranched alkanes of at least 4 members (excludes halogenated alkanes) is 1. The molecule has 2 aromatic carbocycles. The maximum absolute atomic E-state index is 14.6. The first-order valence-electron chi connectivity index (χ1n) is 11.3. The molecular formula is C26H31F3O2. The van der Waals surface area contributed by atoms with Crippen LogP contribution in [-0.2, 0) is 6.42 Å². The molecule has 1 saturated carbocycles. The zero-order valence-corrected chi connectivity index (χ0v) is 18.3. The Balaban J connectivity index is 1.61. The summed E-state index contributed by atoms with van der Waals surface area (Å²) >= 11 is 0. The van der Waals surface area contributed by atoms with E-state index >= 15 is 0 Å². The fourth-order valence-electron chi connectivity index (χ4n) is 4.68. The summed E-state index contributed by atoms with van der Waals surface area (Å²) in [5.74, 6) is -1.76. The highest BCUT2D eigenvalue weighted by atomic mass is 19.1. The average Bonchev–Trinajstić information content (AvgIpc) is 2.73. The van der Waals surface area contributed by atoms with Gasteiger partial charge in [0.1, 0.15) is 28.8 Å². The number of hydrogen-bond acceptors (Lipinski definition) is 2. The fourth-order valence-corrected chi connectivity index (χ4v) is 4.68. The van der Waals surface area contributed by atoms with Gasteiger partial charge in [0.05, 0.1) is 0 Å². The minimum Gasteiger partial charge on any atom is -0.423 e. The van der Waals surface area contributed by atoms with Gasteiger partial charge in [-0.2, -0.15) is 0 Å². The number of halogens is 3. The summed E-state index contributed by atoms with van der Waals surface area (Å²) in [5, 5.41) is 0. The number of rotatable bonds is 8. The van der Waals surface area contributed by atoms with Crippen LogP contribution in [0.3, 0.4) is 0 Å². The van der Waals surface area contributed by atoms with Crippen LogP contribution in [0, 0.1) is 35.2 Å². The number of benzene rings is 2. The SMILES string of the molecule is CCCCC1CCC(C(C)Cc2cc(F)c(C(=O)Oc3ccc(F)cc3)c(F)c2)CC1. The third-order valence-electron chi connectivity index (χ3n) is 6.55. The molecule has 2 aromatic rings. The van der Waals surface area contributed by atoms with Crippen LogP contribution >= 0.6 is 0 Å². The second-order valence-electron chi connectivity index (χ2n) is 8.88. The zero-order valence-electron chi connectivity index (χ0n) is 18.3. The number of carbonyl (C=O) groups is 1. The fraction of sp³-hybridized carbons (Fsp3) is 0.500. The molecule has 0 amide bonds. The second kappa shape index (κ2) is 10.8. The minimum absolute atomic E-state index is 0.0254. The first-order valence-corrected chi connectivity index (χ1v) is 11.3. The van der Waals surface area contributed by atoms with Gasteiger partial charge < -0.3 is 4.74 Å². The Hall–Kier alpha value is -2.30. The Morgan fingerprint density at radius 1 is 1.03 bits per heavy atom. The molecule has 1 fully saturated rings. The van der Waals surface area contributed by atoms with Crippen LogP contribution in [0.5, 0.6) is 5.75 Å². The summed E-state index contributed by atoms with van der Waals surface area (Å²) in [6.07, 6.45) is 9.23. The Kier molecular flexibility index (Phi) is 8.16. The molecular weight excluding hydrogens is 401 g/mol. The highest BCUT2D eigenvalue weighted by Crippen LogP contribution is 2.37. The van der Waals surface area contributed by atoms with Gasteiger partial charge in [-0.1, -0.05) is 46.0 Å². The maximum atomic E-state index is 14.6. The predicted molar refractivity (Wildman–Crippen MR) is 116 cm³/mol. The van der Waals surface area contributed by atoms with E-state index in [0.717, 1.165) is 18.1 Å². The van der Waals surface area contributed by atoms with Crippen molar-refractivity contribution in [3.63, 3.8) is 0 Å². The molecule has 3 rings (SSSR count). The summed E-state index contributed by atoms with van der Waals surface area (Å²) in [5.41, 5.74) is -0.175. The van der Waals surface area contributed by atoms with E-state index in [1.807, 2.05) is 0 Å². The molecule has 168 valence electrons. The monoisotopic (exact) mass is 432 g/mol. The van der Waals surface area contributed by atoms with Crippen LogP contribution in [0.2, 0.25) is 0 Å². The number of hydrogen-bond donors (Lipinski definition) is 0. The van der Waals surface area contributed by atoms with Crippen molar-refractivity contribution in [2.45, 2.75) is 65.2 Å². The van der Waals surface area contributed by atoms with Gasteiger partial charge >= 0.3 is 5.97 Å². The first kappa shape index (κ1) is 23.4. The molecule has 0 bridgehead atoms. The lowest BCUT2D eigenvalue weighted by Gasteiger charge is -2.32. The van der Waals surface area contributed by atoms with Crippen LogP contribution < -0.4 is 4.74 Å². The summed E-state index contributed by atoms with van der Waals surface area (Å²) in [7, 11) is 0. The van der Waals surface area contributed by atoms with Gasteiger partial charge in [-0.3, -0.25) is 0 Å². The molecule has 0 aromatic heterocycles. The predicted octanol–water partition coefficient (Wildman–Crippen LogP) is 7.50. The highest BCUT2D eigenvalue weighted by molar-refractivity contribution is 5.91. The van der Waals surface area contributed by atoms with E-state index < -0.39 is 29.0 Å². The third kappa shape index (κ3) is 6.34. The molecule has 0 saturated heterocycles. The van der Waals surface area contributed by atoms with Crippen LogP contribution in [0.25, 0.3) is 0 Å². The smallest absolute Gasteiger partial charge is 0.349 e. The Morgan fingerprint density at radius 3 is 2.23 bits per heavy atom. The summed E-state index contributed by atoms with van der Waals surface area (Å²) < 4.78 is 47.1. The van der Waals surface area contributed by atoms with Crippen molar-refractivity contribution in [2.75, 3.05) is 0 Å². The van der Waals surface area contributed by atoms with Gasteiger partial charge in [-0.05, 0) is 79.0 Å². The Bertz CT molecular complexity index is 848. The van der Waals surface area contributed by atoms with Crippen molar-refractivity contribution < 1.29 is 22.7 Å². The minimum atomic E-state index is -1.13. The molecule has 0 radical (unpaired) electrons. The van der Waals surface area contributed by atoms with Gasteiger partial charge in [0.2, 0.25) is 0 Å². The van der Waals surface area contributed by atoms with Gasteiger partial charge in [0.25, 0.3) is 0 Å². The van der Waals surface area contributed by atoms with E-state index in [2.05, 4.69) is 13.8 Å². The first-order chi connectivity index (χ1) is 14.9. The molecule has 2 nitrogen and oxygen atoms in total. The van der Waals surface area contributed by atoms with Crippen molar-refractivity contribution in [2.24, 2.45) is 17.8 Å². The third-order valence-corrected chi connectivity index (χ3v) is 6.55. The summed E-state index contributed by atoms with van der Waals surface area (Å²) in [6.45, 7) is 4.36. The van der Waals surface area contributed by atoms with E-state index in [9.17, 15) is 18.0 Å². The van der Waals surface area contributed by atoms with Gasteiger partial charge in [0, 0.05) is 0 Å². The van der Waals surface area contributed by atoms with Crippen molar-refractivity contribution in [1.82, 2.24) is 0 Å². The topological polar surface area (TPSA) is 26.3 Å². The van der Waals surface area contributed by atoms with Gasteiger partial charge in [-0.25, -0.2) is 18.0 Å². The van der Waals surface area contributed by atoms with Crippen molar-refractivity contribution in [3.05, 3.63) is 65.0 Å². The Labute approximate surface area is 182 Å². The Morgan fingerprint density at radius 2 is 1.65 bits per heavy atom. The molecule has 0 N–H and O–H groups in total. The molecule has 5 heteroatoms. The standard InChI is InChI=1S/C26H31F3O2/c1-3-4-5-18-6-8-20(9-7-18)17(2)14-19-15-23(28)25(24(29)16-19)26(30)31-22-12-10-21(27)11-13-22/h10-13,15-18,20H,3-9,14H2,1-2H3. The second-order valence-corrected chi connectivity index (χ2v) is 8.88. The van der Waals surface area contributed by atoms with Crippen LogP contribution in [0.1, 0.15) is 74.7 Å². The van der Waals surface area contributed by atoms with Crippen LogP contribution in [0.15, 0.2) is 36.4 Å². The van der Waals surface area contributed by atoms with Crippen molar-refractivity contribution in [1.29, 1.82) is 0 Å².